The van der Waals surface area contributed by atoms with Gasteiger partial charge in [0, 0.05) is 23.9 Å². The van der Waals surface area contributed by atoms with Crippen LogP contribution in [0.1, 0.15) is 0 Å². The van der Waals surface area contributed by atoms with E-state index in [2.05, 4.69) is 4.98 Å². The van der Waals surface area contributed by atoms with E-state index < -0.39 is 4.92 Å². The first kappa shape index (κ1) is 11.1. The molecule has 0 spiro atoms. The molecule has 2 rings (SSSR count). The van der Waals surface area contributed by atoms with Gasteiger partial charge >= 0.3 is 0 Å². The molecule has 0 fully saturated rings. The molecule has 0 N–H and O–H groups in total. The molecular formula is C12H10N2O3. The molecule has 86 valence electrons. The topological polar surface area (TPSA) is 65.3 Å². The van der Waals surface area contributed by atoms with Crippen molar-refractivity contribution in [1.29, 1.82) is 0 Å². The normalized spacial score (nSPS) is 9.94. The third kappa shape index (κ3) is 2.39. The van der Waals surface area contributed by atoms with E-state index in [-0.39, 0.29) is 5.69 Å². The number of methoxy groups -OCH3 is 1. The van der Waals surface area contributed by atoms with Gasteiger partial charge in [0.15, 0.2) is 0 Å². The fourth-order valence-electron chi connectivity index (χ4n) is 1.45. The molecule has 0 aliphatic carbocycles. The molecule has 1 aromatic carbocycles. The molecule has 0 radical (unpaired) electrons. The summed E-state index contributed by atoms with van der Waals surface area (Å²) in [6.07, 6.45) is 1.43. The van der Waals surface area contributed by atoms with Gasteiger partial charge in [-0.2, -0.15) is 0 Å². The highest BCUT2D eigenvalue weighted by Crippen LogP contribution is 2.23. The minimum atomic E-state index is -0.436. The van der Waals surface area contributed by atoms with Crippen molar-refractivity contribution in [3.8, 4) is 17.0 Å². The van der Waals surface area contributed by atoms with Gasteiger partial charge in [0.2, 0.25) is 0 Å². The summed E-state index contributed by atoms with van der Waals surface area (Å²) in [5.41, 5.74) is 1.42. The summed E-state index contributed by atoms with van der Waals surface area (Å²) in [5.74, 6) is 0.735. The maximum absolute atomic E-state index is 10.6. The highest BCUT2D eigenvalue weighted by atomic mass is 16.6. The zero-order chi connectivity index (χ0) is 12.3. The largest absolute Gasteiger partial charge is 0.497 e. The maximum atomic E-state index is 10.6. The van der Waals surface area contributed by atoms with Gasteiger partial charge in [-0.3, -0.25) is 15.1 Å². The standard InChI is InChI=1S/C12H10N2O3/c1-17-11-4-2-9(3-5-11)12-8-10(14(15)16)6-7-13-12/h2-8H,1H3. The highest BCUT2D eigenvalue weighted by Gasteiger charge is 2.08. The quantitative estimate of drug-likeness (QED) is 0.600. The minimum Gasteiger partial charge on any atom is -0.497 e. The number of nitro groups is 1. The van der Waals surface area contributed by atoms with Crippen molar-refractivity contribution >= 4 is 5.69 Å². The predicted octanol–water partition coefficient (Wildman–Crippen LogP) is 2.67. The molecule has 2 aromatic rings. The second-order valence-electron chi connectivity index (χ2n) is 3.38. The molecule has 0 unspecified atom stereocenters. The molecule has 5 nitrogen and oxygen atoms in total. The van der Waals surface area contributed by atoms with Crippen molar-refractivity contribution < 1.29 is 9.66 Å². The van der Waals surface area contributed by atoms with Gasteiger partial charge in [0.05, 0.1) is 17.7 Å². The van der Waals surface area contributed by atoms with Crippen LogP contribution in [0, 0.1) is 10.1 Å². The Kier molecular flexibility index (Phi) is 3.00. The lowest BCUT2D eigenvalue weighted by molar-refractivity contribution is -0.384. The lowest BCUT2D eigenvalue weighted by Gasteiger charge is -2.02. The Hall–Kier alpha value is -2.43. The van der Waals surface area contributed by atoms with E-state index in [0.29, 0.717) is 5.69 Å². The van der Waals surface area contributed by atoms with Crippen LogP contribution < -0.4 is 4.74 Å². The molecule has 0 bridgehead atoms. The van der Waals surface area contributed by atoms with E-state index in [9.17, 15) is 10.1 Å². The van der Waals surface area contributed by atoms with E-state index in [4.69, 9.17) is 4.74 Å². The molecule has 0 saturated heterocycles. The number of hydrogen-bond acceptors (Lipinski definition) is 4. The van der Waals surface area contributed by atoms with Crippen LogP contribution in [0.4, 0.5) is 5.69 Å². The SMILES string of the molecule is COc1ccc(-c2cc([N+](=O)[O-])ccn2)cc1. The van der Waals surface area contributed by atoms with Crippen molar-refractivity contribution in [3.05, 3.63) is 52.7 Å². The van der Waals surface area contributed by atoms with Gasteiger partial charge in [0.25, 0.3) is 5.69 Å². The van der Waals surface area contributed by atoms with Crippen molar-refractivity contribution in [2.45, 2.75) is 0 Å². The molecule has 0 aliphatic rings. The number of benzene rings is 1. The summed E-state index contributed by atoms with van der Waals surface area (Å²) in [6.45, 7) is 0. The van der Waals surface area contributed by atoms with E-state index in [0.717, 1.165) is 11.3 Å². The molecular weight excluding hydrogens is 220 g/mol. The fourth-order valence-corrected chi connectivity index (χ4v) is 1.45. The summed E-state index contributed by atoms with van der Waals surface area (Å²) < 4.78 is 5.04. The Labute approximate surface area is 97.8 Å². The van der Waals surface area contributed by atoms with Crippen LogP contribution in [-0.2, 0) is 0 Å². The second-order valence-corrected chi connectivity index (χ2v) is 3.38. The van der Waals surface area contributed by atoms with Crippen LogP contribution >= 0.6 is 0 Å². The van der Waals surface area contributed by atoms with Crippen LogP contribution in [-0.4, -0.2) is 17.0 Å². The third-order valence-electron chi connectivity index (χ3n) is 2.34. The molecule has 0 saturated carbocycles. The lowest BCUT2D eigenvalue weighted by atomic mass is 10.1. The Morgan fingerprint density at radius 1 is 1.24 bits per heavy atom. The van der Waals surface area contributed by atoms with Gasteiger partial charge < -0.3 is 4.74 Å². The van der Waals surface area contributed by atoms with Crippen molar-refractivity contribution in [2.75, 3.05) is 7.11 Å². The number of rotatable bonds is 3. The van der Waals surface area contributed by atoms with Crippen LogP contribution in [0.2, 0.25) is 0 Å². The number of pyridine rings is 1. The highest BCUT2D eigenvalue weighted by molar-refractivity contribution is 5.62. The Balaban J connectivity index is 2.38. The molecule has 5 heteroatoms. The number of hydrogen-bond donors (Lipinski definition) is 0. The first-order valence-electron chi connectivity index (χ1n) is 4.95. The van der Waals surface area contributed by atoms with Crippen molar-refractivity contribution in [1.82, 2.24) is 4.98 Å². The molecule has 1 heterocycles. The summed E-state index contributed by atoms with van der Waals surface area (Å²) in [5, 5.41) is 10.6. The maximum Gasteiger partial charge on any atom is 0.273 e. The van der Waals surface area contributed by atoms with E-state index in [1.807, 2.05) is 12.1 Å². The van der Waals surface area contributed by atoms with Crippen LogP contribution in [0.15, 0.2) is 42.6 Å². The summed E-state index contributed by atoms with van der Waals surface area (Å²) >= 11 is 0. The smallest absolute Gasteiger partial charge is 0.273 e. The van der Waals surface area contributed by atoms with E-state index >= 15 is 0 Å². The molecule has 0 aliphatic heterocycles. The minimum absolute atomic E-state index is 0.0332. The Bertz CT molecular complexity index is 538. The molecule has 0 atom stereocenters. The monoisotopic (exact) mass is 230 g/mol. The predicted molar refractivity (Wildman–Crippen MR) is 62.9 cm³/mol. The van der Waals surface area contributed by atoms with Gasteiger partial charge in [-0.05, 0) is 24.3 Å². The number of ether oxygens (including phenoxy) is 1. The van der Waals surface area contributed by atoms with Crippen LogP contribution in [0.3, 0.4) is 0 Å². The lowest BCUT2D eigenvalue weighted by Crippen LogP contribution is -1.90. The van der Waals surface area contributed by atoms with E-state index in [1.54, 1.807) is 19.2 Å². The Morgan fingerprint density at radius 3 is 2.53 bits per heavy atom. The summed E-state index contributed by atoms with van der Waals surface area (Å²) in [4.78, 5) is 14.3. The van der Waals surface area contributed by atoms with Gasteiger partial charge in [0.1, 0.15) is 5.75 Å². The average molecular weight is 230 g/mol. The zero-order valence-electron chi connectivity index (χ0n) is 9.16. The summed E-state index contributed by atoms with van der Waals surface area (Å²) in [7, 11) is 1.58. The number of nitrogens with zero attached hydrogens (tertiary/aromatic N) is 2. The van der Waals surface area contributed by atoms with Crippen LogP contribution in [0.25, 0.3) is 11.3 Å². The summed E-state index contributed by atoms with van der Waals surface area (Å²) in [6, 6.07) is 10.0. The third-order valence-corrected chi connectivity index (χ3v) is 2.34. The number of aromatic nitrogens is 1. The zero-order valence-corrected chi connectivity index (χ0v) is 9.16. The molecule has 1 aromatic heterocycles. The second kappa shape index (κ2) is 4.61. The fraction of sp³-hybridized carbons (Fsp3) is 0.0833. The average Bonchev–Trinajstić information content (AvgIpc) is 2.39. The van der Waals surface area contributed by atoms with Crippen molar-refractivity contribution in [2.24, 2.45) is 0 Å². The van der Waals surface area contributed by atoms with Gasteiger partial charge in [-0.15, -0.1) is 0 Å². The van der Waals surface area contributed by atoms with E-state index in [1.165, 1.54) is 18.3 Å². The first-order chi connectivity index (χ1) is 8.20. The van der Waals surface area contributed by atoms with Gasteiger partial charge in [-0.1, -0.05) is 0 Å². The van der Waals surface area contributed by atoms with Gasteiger partial charge in [-0.25, -0.2) is 0 Å². The molecule has 17 heavy (non-hydrogen) atoms. The van der Waals surface area contributed by atoms with Crippen LogP contribution in [0.5, 0.6) is 5.75 Å². The first-order valence-corrected chi connectivity index (χ1v) is 4.95. The molecule has 0 amide bonds. The Morgan fingerprint density at radius 2 is 1.94 bits per heavy atom. The van der Waals surface area contributed by atoms with Crippen molar-refractivity contribution in [3.63, 3.8) is 0 Å².